The van der Waals surface area contributed by atoms with Gasteiger partial charge in [-0.3, -0.25) is 4.79 Å². The summed E-state index contributed by atoms with van der Waals surface area (Å²) in [5, 5.41) is 11.2. The van der Waals surface area contributed by atoms with E-state index in [2.05, 4.69) is 5.32 Å². The molecule has 0 saturated heterocycles. The SMILES string of the molecule is CCC(=O)NC[C@@H](C)O. The number of aliphatic hydroxyl groups is 1. The molecule has 54 valence electrons. The van der Waals surface area contributed by atoms with Crippen molar-refractivity contribution >= 4 is 5.91 Å². The standard InChI is InChI=1S/C6H13NO2/c1-3-6(9)7-4-5(2)8/h5,8H,3-4H2,1-2H3,(H,7,9)/t5-/m1/s1. The minimum Gasteiger partial charge on any atom is -0.392 e. The molecule has 1 atom stereocenters. The molecule has 3 heteroatoms. The smallest absolute Gasteiger partial charge is 0.219 e. The number of nitrogens with one attached hydrogen (secondary N) is 1. The number of amides is 1. The monoisotopic (exact) mass is 131 g/mol. The first kappa shape index (κ1) is 8.43. The van der Waals surface area contributed by atoms with Crippen LogP contribution in [0.5, 0.6) is 0 Å². The van der Waals surface area contributed by atoms with Crippen LogP contribution in [0, 0.1) is 0 Å². The fourth-order valence-corrected chi connectivity index (χ4v) is 0.387. The number of rotatable bonds is 3. The van der Waals surface area contributed by atoms with Gasteiger partial charge in [0, 0.05) is 13.0 Å². The Hall–Kier alpha value is -0.570. The minimum absolute atomic E-state index is 0.0177. The van der Waals surface area contributed by atoms with Crippen LogP contribution in [0.15, 0.2) is 0 Å². The van der Waals surface area contributed by atoms with E-state index in [9.17, 15) is 4.79 Å². The van der Waals surface area contributed by atoms with Crippen LogP contribution < -0.4 is 5.32 Å². The number of hydrogen-bond acceptors (Lipinski definition) is 2. The Labute approximate surface area is 55.1 Å². The molecule has 0 aromatic carbocycles. The van der Waals surface area contributed by atoms with Crippen LogP contribution in [0.3, 0.4) is 0 Å². The largest absolute Gasteiger partial charge is 0.392 e. The highest BCUT2D eigenvalue weighted by Gasteiger charge is 1.97. The highest BCUT2D eigenvalue weighted by atomic mass is 16.3. The van der Waals surface area contributed by atoms with Crippen molar-refractivity contribution in [1.29, 1.82) is 0 Å². The number of carbonyl (C=O) groups excluding carboxylic acids is 1. The van der Waals surface area contributed by atoms with Gasteiger partial charge in [0.1, 0.15) is 0 Å². The summed E-state index contributed by atoms with van der Waals surface area (Å²) in [5.41, 5.74) is 0. The highest BCUT2D eigenvalue weighted by Crippen LogP contribution is 1.77. The average molecular weight is 131 g/mol. The first-order chi connectivity index (χ1) is 4.16. The molecule has 0 bridgehead atoms. The Morgan fingerprint density at radius 1 is 1.78 bits per heavy atom. The maximum absolute atomic E-state index is 10.5. The fourth-order valence-electron chi connectivity index (χ4n) is 0.387. The summed E-state index contributed by atoms with van der Waals surface area (Å²) in [6.45, 7) is 3.76. The van der Waals surface area contributed by atoms with E-state index in [1.165, 1.54) is 0 Å². The molecule has 0 heterocycles. The molecule has 0 aromatic heterocycles. The molecule has 0 aliphatic rings. The van der Waals surface area contributed by atoms with Crippen LogP contribution in [0.1, 0.15) is 20.3 Å². The van der Waals surface area contributed by atoms with Crippen molar-refractivity contribution in [1.82, 2.24) is 5.32 Å². The lowest BCUT2D eigenvalue weighted by Gasteiger charge is -2.04. The van der Waals surface area contributed by atoms with Gasteiger partial charge in [0.2, 0.25) is 5.91 Å². The van der Waals surface area contributed by atoms with Gasteiger partial charge in [0.15, 0.2) is 0 Å². The third kappa shape index (κ3) is 5.30. The van der Waals surface area contributed by atoms with E-state index in [1.54, 1.807) is 13.8 Å². The molecule has 0 fully saturated rings. The first-order valence-electron chi connectivity index (χ1n) is 3.11. The molecule has 0 radical (unpaired) electrons. The molecule has 9 heavy (non-hydrogen) atoms. The van der Waals surface area contributed by atoms with E-state index in [1.807, 2.05) is 0 Å². The van der Waals surface area contributed by atoms with Gasteiger partial charge in [-0.1, -0.05) is 6.92 Å². The van der Waals surface area contributed by atoms with E-state index in [0.29, 0.717) is 13.0 Å². The fraction of sp³-hybridized carbons (Fsp3) is 0.833. The Bertz CT molecular complexity index is 91.1. The van der Waals surface area contributed by atoms with Gasteiger partial charge in [-0.2, -0.15) is 0 Å². The average Bonchev–Trinajstić information content (AvgIpc) is 1.83. The Balaban J connectivity index is 3.17. The topological polar surface area (TPSA) is 49.3 Å². The Morgan fingerprint density at radius 2 is 2.33 bits per heavy atom. The number of aliphatic hydroxyl groups excluding tert-OH is 1. The highest BCUT2D eigenvalue weighted by molar-refractivity contribution is 5.75. The second-order valence-electron chi connectivity index (χ2n) is 2.01. The summed E-state index contributed by atoms with van der Waals surface area (Å²) >= 11 is 0. The zero-order chi connectivity index (χ0) is 7.28. The second kappa shape index (κ2) is 4.32. The van der Waals surface area contributed by atoms with Crippen molar-refractivity contribution in [3.63, 3.8) is 0 Å². The summed E-state index contributed by atoms with van der Waals surface area (Å²) < 4.78 is 0. The van der Waals surface area contributed by atoms with Crippen molar-refractivity contribution in [2.75, 3.05) is 6.54 Å². The Kier molecular flexibility index (Phi) is 4.05. The van der Waals surface area contributed by atoms with Gasteiger partial charge in [-0.15, -0.1) is 0 Å². The molecule has 3 nitrogen and oxygen atoms in total. The predicted molar refractivity (Wildman–Crippen MR) is 35.0 cm³/mol. The van der Waals surface area contributed by atoms with Gasteiger partial charge in [-0.05, 0) is 6.92 Å². The van der Waals surface area contributed by atoms with Crippen LogP contribution in [0.2, 0.25) is 0 Å². The van der Waals surface area contributed by atoms with Crippen LogP contribution in [-0.4, -0.2) is 23.7 Å². The molecular formula is C6H13NO2. The van der Waals surface area contributed by atoms with Crippen LogP contribution in [-0.2, 0) is 4.79 Å². The van der Waals surface area contributed by atoms with Crippen molar-refractivity contribution in [3.8, 4) is 0 Å². The summed E-state index contributed by atoms with van der Waals surface area (Å²) in [4.78, 5) is 10.5. The molecule has 0 aliphatic carbocycles. The van der Waals surface area contributed by atoms with Crippen molar-refractivity contribution < 1.29 is 9.90 Å². The van der Waals surface area contributed by atoms with Crippen molar-refractivity contribution in [3.05, 3.63) is 0 Å². The second-order valence-corrected chi connectivity index (χ2v) is 2.01. The van der Waals surface area contributed by atoms with Crippen molar-refractivity contribution in [2.45, 2.75) is 26.4 Å². The van der Waals surface area contributed by atoms with Gasteiger partial charge >= 0.3 is 0 Å². The van der Waals surface area contributed by atoms with Crippen LogP contribution >= 0.6 is 0 Å². The summed E-state index contributed by atoms with van der Waals surface area (Å²) in [6, 6.07) is 0. The van der Waals surface area contributed by atoms with Gasteiger partial charge in [-0.25, -0.2) is 0 Å². The molecule has 0 saturated carbocycles. The van der Waals surface area contributed by atoms with E-state index >= 15 is 0 Å². The maximum atomic E-state index is 10.5. The van der Waals surface area contributed by atoms with E-state index in [-0.39, 0.29) is 5.91 Å². The summed E-state index contributed by atoms with van der Waals surface area (Å²) in [7, 11) is 0. The minimum atomic E-state index is -0.444. The lowest BCUT2D eigenvalue weighted by molar-refractivity contribution is -0.121. The van der Waals surface area contributed by atoms with E-state index in [0.717, 1.165) is 0 Å². The molecule has 0 aliphatic heterocycles. The lowest BCUT2D eigenvalue weighted by Crippen LogP contribution is -2.29. The van der Waals surface area contributed by atoms with Gasteiger partial charge < -0.3 is 10.4 Å². The van der Waals surface area contributed by atoms with Crippen LogP contribution in [0.4, 0.5) is 0 Å². The maximum Gasteiger partial charge on any atom is 0.219 e. The number of hydrogen-bond donors (Lipinski definition) is 2. The van der Waals surface area contributed by atoms with E-state index < -0.39 is 6.10 Å². The van der Waals surface area contributed by atoms with Gasteiger partial charge in [0.05, 0.1) is 6.10 Å². The zero-order valence-electron chi connectivity index (χ0n) is 5.85. The van der Waals surface area contributed by atoms with Gasteiger partial charge in [0.25, 0.3) is 0 Å². The number of carbonyl (C=O) groups is 1. The molecule has 0 spiro atoms. The van der Waals surface area contributed by atoms with Crippen molar-refractivity contribution in [2.24, 2.45) is 0 Å². The molecule has 0 aromatic rings. The summed E-state index contributed by atoms with van der Waals surface area (Å²) in [5.74, 6) is -0.0177. The third-order valence-corrected chi connectivity index (χ3v) is 0.916. The molecule has 0 rings (SSSR count). The van der Waals surface area contributed by atoms with Crippen LogP contribution in [0.25, 0.3) is 0 Å². The molecule has 0 unspecified atom stereocenters. The lowest BCUT2D eigenvalue weighted by atomic mass is 10.4. The normalized spacial score (nSPS) is 12.8. The Morgan fingerprint density at radius 3 is 2.67 bits per heavy atom. The van der Waals surface area contributed by atoms with E-state index in [4.69, 9.17) is 5.11 Å². The quantitative estimate of drug-likeness (QED) is 0.561. The molecular weight excluding hydrogens is 118 g/mol. The summed E-state index contributed by atoms with van der Waals surface area (Å²) in [6.07, 6.45) is 0.0349. The predicted octanol–water partition coefficient (Wildman–Crippen LogP) is -0.107. The zero-order valence-corrected chi connectivity index (χ0v) is 5.85. The third-order valence-electron chi connectivity index (χ3n) is 0.916. The first-order valence-corrected chi connectivity index (χ1v) is 3.11. The molecule has 1 amide bonds. The molecule has 2 N–H and O–H groups in total.